The molecule has 0 amide bonds. The maximum Gasteiger partial charge on any atom is 0.115 e. The van der Waals surface area contributed by atoms with Crippen LogP contribution in [0.2, 0.25) is 0 Å². The summed E-state index contributed by atoms with van der Waals surface area (Å²) < 4.78 is 12.5. The number of nitrogen functional groups attached to an aromatic ring is 1. The summed E-state index contributed by atoms with van der Waals surface area (Å²) in [5.41, 5.74) is 8.20. The molecule has 1 aromatic carbocycles. The summed E-state index contributed by atoms with van der Waals surface area (Å²) in [5, 5.41) is 0. The van der Waals surface area contributed by atoms with Crippen LogP contribution in [0.15, 0.2) is 18.2 Å². The van der Waals surface area contributed by atoms with Gasteiger partial charge >= 0.3 is 0 Å². The maximum atomic E-state index is 12.5. The van der Waals surface area contributed by atoms with Gasteiger partial charge in [-0.15, -0.1) is 0 Å². The third-order valence-corrected chi connectivity index (χ3v) is 2.83. The number of anilines is 1. The molecule has 0 atom stereocenters. The minimum Gasteiger partial charge on any atom is -0.399 e. The molecule has 0 saturated carbocycles. The molecule has 0 unspecified atom stereocenters. The Morgan fingerprint density at radius 2 is 1.80 bits per heavy atom. The quantitative estimate of drug-likeness (QED) is 0.772. The number of likely N-dealkylation sites (tertiary alicyclic amines) is 1. The van der Waals surface area contributed by atoms with E-state index in [-0.39, 0.29) is 0 Å². The first-order chi connectivity index (χ1) is 7.28. The van der Waals surface area contributed by atoms with Crippen molar-refractivity contribution in [3.05, 3.63) is 29.3 Å². The highest BCUT2D eigenvalue weighted by Gasteiger charge is 2.12. The molecule has 2 N–H and O–H groups in total. The van der Waals surface area contributed by atoms with Crippen LogP contribution in [0.4, 0.5) is 10.1 Å². The van der Waals surface area contributed by atoms with Crippen LogP contribution in [-0.2, 0) is 13.2 Å². The van der Waals surface area contributed by atoms with Crippen LogP contribution in [-0.4, -0.2) is 18.0 Å². The van der Waals surface area contributed by atoms with E-state index in [9.17, 15) is 4.39 Å². The van der Waals surface area contributed by atoms with Crippen molar-refractivity contribution in [3.8, 4) is 0 Å². The molecule has 82 valence electrons. The fourth-order valence-corrected chi connectivity index (χ4v) is 2.16. The van der Waals surface area contributed by atoms with Gasteiger partial charge in [0.2, 0.25) is 0 Å². The minimum atomic E-state index is -0.433. The monoisotopic (exact) mass is 208 g/mol. The molecule has 15 heavy (non-hydrogen) atoms. The van der Waals surface area contributed by atoms with Crippen LogP contribution in [0.3, 0.4) is 0 Å². The predicted octanol–water partition coefficient (Wildman–Crippen LogP) is 2.33. The third-order valence-electron chi connectivity index (χ3n) is 2.83. The minimum absolute atomic E-state index is 0.433. The molecule has 1 aromatic rings. The highest BCUT2D eigenvalue weighted by molar-refractivity contribution is 5.44. The van der Waals surface area contributed by atoms with E-state index < -0.39 is 6.67 Å². The number of nitrogens with two attached hydrogens (primary N) is 1. The summed E-state index contributed by atoms with van der Waals surface area (Å²) in [5.74, 6) is 0. The molecule has 0 aliphatic carbocycles. The van der Waals surface area contributed by atoms with Crippen molar-refractivity contribution < 1.29 is 4.39 Å². The molecule has 1 aliphatic rings. The lowest BCUT2D eigenvalue weighted by Gasteiger charge is -2.15. The van der Waals surface area contributed by atoms with Crippen molar-refractivity contribution >= 4 is 5.69 Å². The number of hydrogen-bond acceptors (Lipinski definition) is 2. The van der Waals surface area contributed by atoms with Crippen LogP contribution >= 0.6 is 0 Å². The van der Waals surface area contributed by atoms with Gasteiger partial charge in [-0.3, -0.25) is 4.90 Å². The van der Waals surface area contributed by atoms with Gasteiger partial charge in [0.15, 0.2) is 0 Å². The molecule has 1 saturated heterocycles. The number of nitrogens with zero attached hydrogens (tertiary/aromatic N) is 1. The van der Waals surface area contributed by atoms with E-state index in [4.69, 9.17) is 5.73 Å². The molecule has 0 aromatic heterocycles. The van der Waals surface area contributed by atoms with Gasteiger partial charge in [-0.25, -0.2) is 4.39 Å². The molecular weight excluding hydrogens is 191 g/mol. The second-order valence-electron chi connectivity index (χ2n) is 4.20. The average molecular weight is 208 g/mol. The Hall–Kier alpha value is -1.09. The van der Waals surface area contributed by atoms with E-state index in [0.29, 0.717) is 11.3 Å². The molecule has 0 radical (unpaired) electrons. The zero-order chi connectivity index (χ0) is 10.7. The first kappa shape index (κ1) is 10.4. The van der Waals surface area contributed by atoms with Gasteiger partial charge in [0.25, 0.3) is 0 Å². The lowest BCUT2D eigenvalue weighted by molar-refractivity contribution is 0.331. The highest BCUT2D eigenvalue weighted by atomic mass is 19.1. The van der Waals surface area contributed by atoms with Crippen molar-refractivity contribution in [2.75, 3.05) is 18.8 Å². The number of alkyl halides is 1. The predicted molar refractivity (Wildman–Crippen MR) is 60.2 cm³/mol. The van der Waals surface area contributed by atoms with E-state index in [1.807, 2.05) is 12.1 Å². The molecule has 2 rings (SSSR count). The standard InChI is InChI=1S/C12H17FN2/c13-8-10-5-11(7-12(14)6-10)9-15-3-1-2-4-15/h5-7H,1-4,8-9,14H2. The van der Waals surface area contributed by atoms with Crippen LogP contribution in [0.5, 0.6) is 0 Å². The van der Waals surface area contributed by atoms with Crippen molar-refractivity contribution in [2.45, 2.75) is 26.1 Å². The number of hydrogen-bond donors (Lipinski definition) is 1. The van der Waals surface area contributed by atoms with Crippen LogP contribution in [0, 0.1) is 0 Å². The van der Waals surface area contributed by atoms with Gasteiger partial charge in [-0.1, -0.05) is 6.07 Å². The second kappa shape index (κ2) is 4.62. The van der Waals surface area contributed by atoms with Gasteiger partial charge in [0.05, 0.1) is 0 Å². The largest absolute Gasteiger partial charge is 0.399 e. The van der Waals surface area contributed by atoms with E-state index in [0.717, 1.165) is 25.2 Å². The molecular formula is C12H17FN2. The van der Waals surface area contributed by atoms with E-state index in [2.05, 4.69) is 4.90 Å². The zero-order valence-electron chi connectivity index (χ0n) is 8.88. The molecule has 1 fully saturated rings. The molecule has 1 heterocycles. The third kappa shape index (κ3) is 2.69. The van der Waals surface area contributed by atoms with E-state index >= 15 is 0 Å². The average Bonchev–Trinajstić information content (AvgIpc) is 2.69. The topological polar surface area (TPSA) is 29.3 Å². The Morgan fingerprint density at radius 1 is 1.13 bits per heavy atom. The Bertz CT molecular complexity index is 332. The Balaban J connectivity index is 2.09. The summed E-state index contributed by atoms with van der Waals surface area (Å²) in [6, 6.07) is 5.56. The first-order valence-corrected chi connectivity index (χ1v) is 5.44. The molecule has 0 spiro atoms. The SMILES string of the molecule is Nc1cc(CF)cc(CN2CCCC2)c1. The fraction of sp³-hybridized carbons (Fsp3) is 0.500. The van der Waals surface area contributed by atoms with Crippen LogP contribution in [0.25, 0.3) is 0 Å². The second-order valence-corrected chi connectivity index (χ2v) is 4.20. The Morgan fingerprint density at radius 3 is 2.47 bits per heavy atom. The van der Waals surface area contributed by atoms with Crippen LogP contribution < -0.4 is 5.73 Å². The number of benzene rings is 1. The van der Waals surface area contributed by atoms with Gasteiger partial charge in [0, 0.05) is 12.2 Å². The van der Waals surface area contributed by atoms with Crippen molar-refractivity contribution in [3.63, 3.8) is 0 Å². The van der Waals surface area contributed by atoms with Crippen LogP contribution in [0.1, 0.15) is 24.0 Å². The lowest BCUT2D eigenvalue weighted by Crippen LogP contribution is -2.18. The van der Waals surface area contributed by atoms with Crippen molar-refractivity contribution in [1.82, 2.24) is 4.90 Å². The Kier molecular flexibility index (Phi) is 3.21. The summed E-state index contributed by atoms with van der Waals surface area (Å²) in [4.78, 5) is 2.39. The molecule has 2 nitrogen and oxygen atoms in total. The van der Waals surface area contributed by atoms with Crippen molar-refractivity contribution in [1.29, 1.82) is 0 Å². The van der Waals surface area contributed by atoms with Gasteiger partial charge in [-0.2, -0.15) is 0 Å². The summed E-state index contributed by atoms with van der Waals surface area (Å²) >= 11 is 0. The smallest absolute Gasteiger partial charge is 0.115 e. The van der Waals surface area contributed by atoms with Gasteiger partial charge < -0.3 is 5.73 Å². The zero-order valence-corrected chi connectivity index (χ0v) is 8.88. The normalized spacial score (nSPS) is 17.1. The summed E-state index contributed by atoms with van der Waals surface area (Å²) in [6.07, 6.45) is 2.55. The van der Waals surface area contributed by atoms with E-state index in [1.165, 1.54) is 12.8 Å². The molecule has 1 aliphatic heterocycles. The summed E-state index contributed by atoms with van der Waals surface area (Å²) in [6.45, 7) is 2.77. The van der Waals surface area contributed by atoms with Gasteiger partial charge in [-0.05, 0) is 49.2 Å². The Labute approximate surface area is 89.9 Å². The highest BCUT2D eigenvalue weighted by Crippen LogP contribution is 2.17. The lowest BCUT2D eigenvalue weighted by atomic mass is 10.1. The summed E-state index contributed by atoms with van der Waals surface area (Å²) in [7, 11) is 0. The molecule has 0 bridgehead atoms. The van der Waals surface area contributed by atoms with Gasteiger partial charge in [0.1, 0.15) is 6.67 Å². The first-order valence-electron chi connectivity index (χ1n) is 5.44. The number of rotatable bonds is 3. The fourth-order valence-electron chi connectivity index (χ4n) is 2.16. The van der Waals surface area contributed by atoms with E-state index in [1.54, 1.807) is 6.07 Å². The maximum absolute atomic E-state index is 12.5. The molecule has 3 heteroatoms. The van der Waals surface area contributed by atoms with Crippen molar-refractivity contribution in [2.24, 2.45) is 0 Å². The number of halogens is 1.